The Bertz CT molecular complexity index is 546. The normalized spacial score (nSPS) is 10.6. The van der Waals surface area contributed by atoms with Crippen molar-refractivity contribution in [1.29, 1.82) is 5.26 Å². The Morgan fingerprint density at radius 1 is 1.61 bits per heavy atom. The van der Waals surface area contributed by atoms with Gasteiger partial charge in [-0.25, -0.2) is 4.79 Å². The molecule has 0 bridgehead atoms. The molecule has 0 aliphatic heterocycles. The highest BCUT2D eigenvalue weighted by Gasteiger charge is 2.06. The third-order valence-electron chi connectivity index (χ3n) is 1.93. The van der Waals surface area contributed by atoms with Crippen molar-refractivity contribution in [2.45, 2.75) is 13.5 Å². The predicted octanol–water partition coefficient (Wildman–Crippen LogP) is 2.00. The van der Waals surface area contributed by atoms with Gasteiger partial charge in [-0.2, -0.15) is 5.26 Å². The van der Waals surface area contributed by atoms with Gasteiger partial charge in [0.05, 0.1) is 5.57 Å². The lowest BCUT2D eigenvalue weighted by molar-refractivity contribution is -0.140. The number of furan rings is 1. The largest absolute Gasteiger partial charge is 0.458 e. The molecule has 1 heterocycles. The Morgan fingerprint density at radius 3 is 2.89 bits per heavy atom. The molecule has 92 valence electrons. The molecule has 0 amide bonds. The molecular formula is C13H11NO4. The van der Waals surface area contributed by atoms with Crippen molar-refractivity contribution in [2.24, 2.45) is 0 Å². The van der Waals surface area contributed by atoms with E-state index in [0.29, 0.717) is 23.4 Å². The Labute approximate surface area is 104 Å². The van der Waals surface area contributed by atoms with Crippen LogP contribution in [-0.2, 0) is 20.9 Å². The first-order valence-corrected chi connectivity index (χ1v) is 5.05. The molecule has 5 heteroatoms. The SMILES string of the molecule is C=C(C)C(=O)OCc1ccc(/C=C(\C#N)C=O)o1. The number of hydrogen-bond donors (Lipinski definition) is 0. The van der Waals surface area contributed by atoms with E-state index in [1.807, 2.05) is 0 Å². The van der Waals surface area contributed by atoms with Gasteiger partial charge in [-0.15, -0.1) is 0 Å². The summed E-state index contributed by atoms with van der Waals surface area (Å²) in [5.41, 5.74) is 0.254. The average molecular weight is 245 g/mol. The zero-order valence-corrected chi connectivity index (χ0v) is 9.80. The van der Waals surface area contributed by atoms with Gasteiger partial charge in [0.25, 0.3) is 0 Å². The van der Waals surface area contributed by atoms with Crippen LogP contribution in [0.25, 0.3) is 6.08 Å². The summed E-state index contributed by atoms with van der Waals surface area (Å²) in [5.74, 6) is 0.258. The van der Waals surface area contributed by atoms with Crippen molar-refractivity contribution in [1.82, 2.24) is 0 Å². The molecule has 0 saturated carbocycles. The molecule has 0 aromatic carbocycles. The van der Waals surface area contributed by atoms with E-state index >= 15 is 0 Å². The van der Waals surface area contributed by atoms with E-state index in [-0.39, 0.29) is 12.2 Å². The third-order valence-corrected chi connectivity index (χ3v) is 1.93. The monoisotopic (exact) mass is 245 g/mol. The van der Waals surface area contributed by atoms with E-state index in [1.54, 1.807) is 25.1 Å². The molecule has 1 rings (SSSR count). The van der Waals surface area contributed by atoms with Crippen LogP contribution in [0.3, 0.4) is 0 Å². The van der Waals surface area contributed by atoms with Crippen LogP contribution in [0.5, 0.6) is 0 Å². The molecule has 1 aromatic rings. The van der Waals surface area contributed by atoms with Crippen LogP contribution in [0, 0.1) is 11.3 Å². The molecule has 0 fully saturated rings. The van der Waals surface area contributed by atoms with Crippen molar-refractivity contribution < 1.29 is 18.7 Å². The first-order chi connectivity index (χ1) is 8.56. The fourth-order valence-corrected chi connectivity index (χ4v) is 1.06. The van der Waals surface area contributed by atoms with Crippen LogP contribution >= 0.6 is 0 Å². The first-order valence-electron chi connectivity index (χ1n) is 5.05. The second-order valence-electron chi connectivity index (χ2n) is 3.49. The number of nitriles is 1. The summed E-state index contributed by atoms with van der Waals surface area (Å²) in [6.07, 6.45) is 1.74. The Kier molecular flexibility index (Phi) is 4.64. The highest BCUT2D eigenvalue weighted by Crippen LogP contribution is 2.12. The maximum Gasteiger partial charge on any atom is 0.333 e. The Hall–Kier alpha value is -2.61. The number of hydrogen-bond acceptors (Lipinski definition) is 5. The zero-order valence-electron chi connectivity index (χ0n) is 9.80. The number of carbonyl (C=O) groups excluding carboxylic acids is 2. The maximum atomic E-state index is 11.1. The van der Waals surface area contributed by atoms with Gasteiger partial charge in [0.15, 0.2) is 6.29 Å². The highest BCUT2D eigenvalue weighted by molar-refractivity contribution is 5.87. The van der Waals surface area contributed by atoms with E-state index < -0.39 is 5.97 Å². The second kappa shape index (κ2) is 6.21. The highest BCUT2D eigenvalue weighted by atomic mass is 16.5. The van der Waals surface area contributed by atoms with Gasteiger partial charge >= 0.3 is 5.97 Å². The molecule has 0 unspecified atom stereocenters. The van der Waals surface area contributed by atoms with Gasteiger partial charge in [0.1, 0.15) is 24.2 Å². The van der Waals surface area contributed by atoms with Crippen molar-refractivity contribution in [3.63, 3.8) is 0 Å². The lowest BCUT2D eigenvalue weighted by Crippen LogP contribution is -2.04. The van der Waals surface area contributed by atoms with E-state index in [4.69, 9.17) is 14.4 Å². The number of ether oxygens (including phenoxy) is 1. The predicted molar refractivity (Wildman–Crippen MR) is 63.0 cm³/mol. The van der Waals surface area contributed by atoms with Crippen LogP contribution in [0.4, 0.5) is 0 Å². The number of aldehydes is 1. The minimum Gasteiger partial charge on any atom is -0.458 e. The molecule has 0 atom stereocenters. The van der Waals surface area contributed by atoms with Gasteiger partial charge in [-0.05, 0) is 19.1 Å². The maximum absolute atomic E-state index is 11.1. The van der Waals surface area contributed by atoms with Crippen LogP contribution in [0.1, 0.15) is 18.4 Å². The van der Waals surface area contributed by atoms with Crippen LogP contribution in [0.2, 0.25) is 0 Å². The van der Waals surface area contributed by atoms with E-state index in [2.05, 4.69) is 6.58 Å². The van der Waals surface area contributed by atoms with E-state index in [9.17, 15) is 9.59 Å². The van der Waals surface area contributed by atoms with Gasteiger partial charge < -0.3 is 9.15 Å². The smallest absolute Gasteiger partial charge is 0.333 e. The number of allylic oxidation sites excluding steroid dienone is 1. The number of esters is 1. The van der Waals surface area contributed by atoms with Crippen LogP contribution in [-0.4, -0.2) is 12.3 Å². The lowest BCUT2D eigenvalue weighted by atomic mass is 10.3. The molecule has 0 spiro atoms. The molecule has 0 aliphatic rings. The minimum absolute atomic E-state index is 0.0253. The van der Waals surface area contributed by atoms with Gasteiger partial charge in [0.2, 0.25) is 0 Å². The summed E-state index contributed by atoms with van der Waals surface area (Å²) < 4.78 is 10.1. The molecule has 1 aromatic heterocycles. The number of rotatable bonds is 5. The summed E-state index contributed by atoms with van der Waals surface area (Å²) in [5, 5.41) is 8.56. The zero-order chi connectivity index (χ0) is 13.5. The van der Waals surface area contributed by atoms with Crippen molar-refractivity contribution in [3.8, 4) is 6.07 Å². The topological polar surface area (TPSA) is 80.3 Å². The van der Waals surface area contributed by atoms with Gasteiger partial charge in [-0.3, -0.25) is 4.79 Å². The summed E-state index contributed by atoms with van der Waals surface area (Å²) in [6.45, 7) is 4.96. The van der Waals surface area contributed by atoms with Crippen molar-refractivity contribution >= 4 is 18.3 Å². The Balaban J connectivity index is 2.67. The van der Waals surface area contributed by atoms with Crippen LogP contribution in [0.15, 0.2) is 34.3 Å². The molecule has 5 nitrogen and oxygen atoms in total. The first kappa shape index (κ1) is 13.5. The minimum atomic E-state index is -0.505. The molecule has 0 aliphatic carbocycles. The van der Waals surface area contributed by atoms with Crippen LogP contribution < -0.4 is 0 Å². The quantitative estimate of drug-likeness (QED) is 0.343. The Morgan fingerprint density at radius 2 is 2.33 bits per heavy atom. The molecule has 0 radical (unpaired) electrons. The summed E-state index contributed by atoms with van der Waals surface area (Å²) >= 11 is 0. The number of carbonyl (C=O) groups is 2. The summed E-state index contributed by atoms with van der Waals surface area (Å²) in [6, 6.07) is 4.88. The molecule has 0 saturated heterocycles. The standard InChI is InChI=1S/C13H11NO4/c1-9(2)13(16)17-8-12-4-3-11(18-12)5-10(6-14)7-15/h3-5,7H,1,8H2,2H3/b10-5+. The van der Waals surface area contributed by atoms with E-state index in [0.717, 1.165) is 0 Å². The summed E-state index contributed by atoms with van der Waals surface area (Å²) in [4.78, 5) is 21.6. The summed E-state index contributed by atoms with van der Waals surface area (Å²) in [7, 11) is 0. The second-order valence-corrected chi connectivity index (χ2v) is 3.49. The number of nitrogens with zero attached hydrogens (tertiary/aromatic N) is 1. The molecule has 0 N–H and O–H groups in total. The van der Waals surface area contributed by atoms with Gasteiger partial charge in [0, 0.05) is 11.6 Å². The van der Waals surface area contributed by atoms with E-state index in [1.165, 1.54) is 6.08 Å². The third kappa shape index (κ3) is 3.76. The molecular weight excluding hydrogens is 234 g/mol. The molecule has 18 heavy (non-hydrogen) atoms. The lowest BCUT2D eigenvalue weighted by Gasteiger charge is -2.00. The fourth-order valence-electron chi connectivity index (χ4n) is 1.06. The van der Waals surface area contributed by atoms with Crippen molar-refractivity contribution in [2.75, 3.05) is 0 Å². The van der Waals surface area contributed by atoms with Crippen molar-refractivity contribution in [3.05, 3.63) is 41.4 Å². The van der Waals surface area contributed by atoms with Gasteiger partial charge in [-0.1, -0.05) is 6.58 Å². The average Bonchev–Trinajstić information content (AvgIpc) is 2.80. The fraction of sp³-hybridized carbons (Fsp3) is 0.154.